The van der Waals surface area contributed by atoms with Gasteiger partial charge in [-0.2, -0.15) is 0 Å². The van der Waals surface area contributed by atoms with Crippen LogP contribution >= 0.6 is 0 Å². The summed E-state index contributed by atoms with van der Waals surface area (Å²) in [6.45, 7) is 9.03. The van der Waals surface area contributed by atoms with Gasteiger partial charge in [0.2, 0.25) is 11.4 Å². The third-order valence-corrected chi connectivity index (χ3v) is 10.3. The molecule has 4 aromatic carbocycles. The summed E-state index contributed by atoms with van der Waals surface area (Å²) in [5, 5.41) is 0. The van der Waals surface area contributed by atoms with Crippen molar-refractivity contribution in [2.45, 2.75) is 118 Å². The maximum absolute atomic E-state index is 11.8. The molecule has 0 unspecified atom stereocenters. The van der Waals surface area contributed by atoms with E-state index in [0.717, 1.165) is 61.0 Å². The summed E-state index contributed by atoms with van der Waals surface area (Å²) >= 11 is 1.60. The van der Waals surface area contributed by atoms with E-state index in [1.165, 1.54) is 82.7 Å². The Bertz CT molecular complexity index is 1600. The zero-order valence-electron chi connectivity index (χ0n) is 30.5. The van der Waals surface area contributed by atoms with E-state index in [4.69, 9.17) is 0 Å². The van der Waals surface area contributed by atoms with Crippen LogP contribution in [0.1, 0.15) is 127 Å². The van der Waals surface area contributed by atoms with Crippen molar-refractivity contribution in [3.8, 4) is 0 Å². The molecular weight excluding hydrogens is 639 g/mol. The van der Waals surface area contributed by atoms with Crippen LogP contribution < -0.4 is 9.07 Å². The average molecular weight is 698 g/mol. The van der Waals surface area contributed by atoms with Crippen molar-refractivity contribution in [2.75, 3.05) is 0 Å². The van der Waals surface area contributed by atoms with Crippen molar-refractivity contribution < 1.29 is 19.1 Å². The standard InChI is InChI=1S/C34H48N2.2C6H5.Ni/c1-5-9-13-14-24-32-31(23-12-8-4)33(29-21-15-19-27(25-29)17-10-6-2)36(35)34(32)30-22-16-20-28(26-30)18-11-7-3;2*1-2-4-6-5-3-1;/h15-16,19-22,25-26H,5-14,17-18,23-24H2,1-4H3;2*1-5H;. The first-order valence-electron chi connectivity index (χ1n) is 18.9. The third kappa shape index (κ3) is 11.8. The molecule has 0 radical (unpaired) electrons. The predicted molar refractivity (Wildman–Crippen MR) is 208 cm³/mol. The Labute approximate surface area is 304 Å². The number of benzene rings is 4. The minimum atomic E-state index is 1.02. The SMILES string of the molecule is CCCCCCC1=C(c2cccc(CCCC)c2)[N+](=[N-])C(c2cccc(CCCC)c2)=C1CCCC.c1cc[c]([Ni][c]2ccccc2)cc1. The molecule has 0 atom stereocenters. The molecule has 0 aromatic heterocycles. The van der Waals surface area contributed by atoms with Gasteiger partial charge in [0, 0.05) is 22.3 Å². The van der Waals surface area contributed by atoms with E-state index in [-0.39, 0.29) is 0 Å². The Hall–Kier alpha value is -3.55. The van der Waals surface area contributed by atoms with Crippen LogP contribution in [-0.4, -0.2) is 4.70 Å². The summed E-state index contributed by atoms with van der Waals surface area (Å²) in [7, 11) is 0. The molecule has 4 aromatic rings. The molecule has 0 saturated carbocycles. The number of hydrogen-bond acceptors (Lipinski definition) is 0. The van der Waals surface area contributed by atoms with Crippen molar-refractivity contribution in [3.05, 3.63) is 148 Å². The number of nitrogens with zero attached hydrogens (tertiary/aromatic N) is 2. The Morgan fingerprint density at radius 2 is 0.878 bits per heavy atom. The summed E-state index contributed by atoms with van der Waals surface area (Å²) in [5.74, 6) is 0. The van der Waals surface area contributed by atoms with E-state index in [2.05, 4.69) is 125 Å². The van der Waals surface area contributed by atoms with Crippen molar-refractivity contribution in [2.24, 2.45) is 0 Å². The Balaban J connectivity index is 0.000000344. The second kappa shape index (κ2) is 21.5. The van der Waals surface area contributed by atoms with Gasteiger partial charge in [0.1, 0.15) is 0 Å². The maximum atomic E-state index is 11.8. The fraction of sp³-hybridized carbons (Fsp3) is 0.391. The normalized spacial score (nSPS) is 12.9. The van der Waals surface area contributed by atoms with Crippen LogP contribution in [0.5, 0.6) is 0 Å². The summed E-state index contributed by atoms with van der Waals surface area (Å²) < 4.78 is 4.17. The molecule has 1 heterocycles. The number of aryl methyl sites for hydroxylation is 2. The zero-order chi connectivity index (χ0) is 34.7. The van der Waals surface area contributed by atoms with E-state index in [0.29, 0.717) is 0 Å². The summed E-state index contributed by atoms with van der Waals surface area (Å²) in [5.41, 5.74) is 21.6. The van der Waals surface area contributed by atoms with Gasteiger partial charge in [-0.3, -0.25) is 0 Å². The number of hydrogen-bond donors (Lipinski definition) is 0. The van der Waals surface area contributed by atoms with Crippen molar-refractivity contribution in [1.82, 2.24) is 0 Å². The van der Waals surface area contributed by atoms with E-state index in [1.807, 2.05) is 12.1 Å². The molecule has 3 heteroatoms. The molecular formula is C46H58N2Ni. The fourth-order valence-corrected chi connectivity index (χ4v) is 7.43. The van der Waals surface area contributed by atoms with Gasteiger partial charge in [0.15, 0.2) is 0 Å². The molecule has 0 bridgehead atoms. The van der Waals surface area contributed by atoms with Crippen molar-refractivity contribution >= 4 is 20.5 Å². The van der Waals surface area contributed by atoms with E-state index in [9.17, 15) is 5.53 Å². The molecule has 0 saturated heterocycles. The first kappa shape index (κ1) is 38.3. The van der Waals surface area contributed by atoms with Crippen molar-refractivity contribution in [1.29, 1.82) is 0 Å². The van der Waals surface area contributed by atoms with Gasteiger partial charge in [0.25, 0.3) is 0 Å². The Morgan fingerprint density at radius 3 is 1.33 bits per heavy atom. The molecule has 1 aliphatic heterocycles. The molecule has 2 nitrogen and oxygen atoms in total. The predicted octanol–water partition coefficient (Wildman–Crippen LogP) is 12.4. The topological polar surface area (TPSA) is 25.3 Å². The summed E-state index contributed by atoms with van der Waals surface area (Å²) in [6, 6.07) is 38.7. The van der Waals surface area contributed by atoms with E-state index < -0.39 is 0 Å². The quantitative estimate of drug-likeness (QED) is 0.0562. The van der Waals surface area contributed by atoms with Crippen LogP contribution in [0.3, 0.4) is 0 Å². The van der Waals surface area contributed by atoms with E-state index in [1.54, 1.807) is 19.1 Å². The van der Waals surface area contributed by atoms with Gasteiger partial charge >= 0.3 is 84.2 Å². The van der Waals surface area contributed by atoms with Crippen LogP contribution in [-0.2, 0) is 27.3 Å². The average Bonchev–Trinajstić information content (AvgIpc) is 3.42. The van der Waals surface area contributed by atoms with Crippen LogP contribution in [0.15, 0.2) is 120 Å². The Kier molecular flexibility index (Phi) is 16.8. The molecule has 49 heavy (non-hydrogen) atoms. The zero-order valence-corrected chi connectivity index (χ0v) is 31.5. The first-order valence-corrected chi connectivity index (χ1v) is 19.9. The molecule has 0 fully saturated rings. The van der Waals surface area contributed by atoms with Gasteiger partial charge < -0.3 is 5.53 Å². The minimum absolute atomic E-state index is 1.02. The van der Waals surface area contributed by atoms with Crippen LogP contribution in [0.2, 0.25) is 0 Å². The summed E-state index contributed by atoms with van der Waals surface area (Å²) in [4.78, 5) is 0. The van der Waals surface area contributed by atoms with Gasteiger partial charge in [-0.1, -0.05) is 90.5 Å². The Morgan fingerprint density at radius 1 is 0.449 bits per heavy atom. The molecule has 5 rings (SSSR count). The van der Waals surface area contributed by atoms with Gasteiger partial charge in [0.05, 0.1) is 0 Å². The monoisotopic (exact) mass is 696 g/mol. The molecule has 262 valence electrons. The molecule has 0 N–H and O–H groups in total. The number of unbranched alkanes of at least 4 members (excludes halogenated alkanes) is 6. The van der Waals surface area contributed by atoms with Crippen LogP contribution in [0, 0.1) is 0 Å². The van der Waals surface area contributed by atoms with Crippen LogP contribution in [0.4, 0.5) is 0 Å². The second-order valence-electron chi connectivity index (χ2n) is 13.1. The molecule has 1 aliphatic rings. The van der Waals surface area contributed by atoms with E-state index >= 15 is 0 Å². The second-order valence-corrected chi connectivity index (χ2v) is 14.5. The number of allylic oxidation sites excluding steroid dienone is 2. The molecule has 0 aliphatic carbocycles. The van der Waals surface area contributed by atoms with Gasteiger partial charge in [-0.05, 0) is 86.8 Å². The number of rotatable bonds is 18. The summed E-state index contributed by atoms with van der Waals surface area (Å²) in [6.07, 6.45) is 16.3. The van der Waals surface area contributed by atoms with Crippen LogP contribution in [0.25, 0.3) is 16.9 Å². The molecule has 0 spiro atoms. The fourth-order valence-electron chi connectivity index (χ4n) is 6.39. The molecule has 0 amide bonds. The van der Waals surface area contributed by atoms with Gasteiger partial charge in [-0.15, -0.1) is 0 Å². The van der Waals surface area contributed by atoms with Crippen molar-refractivity contribution in [3.63, 3.8) is 0 Å². The van der Waals surface area contributed by atoms with Gasteiger partial charge in [-0.25, -0.2) is 4.70 Å². The first-order chi connectivity index (χ1) is 24.1. The third-order valence-electron chi connectivity index (χ3n) is 9.07.